The number of anilines is 2. The van der Waals surface area contributed by atoms with Gasteiger partial charge in [0.2, 0.25) is 5.95 Å². The van der Waals surface area contributed by atoms with Crippen molar-refractivity contribution in [2.24, 2.45) is 0 Å². The monoisotopic (exact) mass is 383 g/mol. The minimum atomic E-state index is -0.0520. The second kappa shape index (κ2) is 8.43. The van der Waals surface area contributed by atoms with Crippen molar-refractivity contribution in [2.45, 2.75) is 0 Å². The molecule has 0 bridgehead atoms. The summed E-state index contributed by atoms with van der Waals surface area (Å²) in [6.45, 7) is 5.74. The Labute approximate surface area is 164 Å². The zero-order chi connectivity index (χ0) is 19.3. The highest BCUT2D eigenvalue weighted by atomic mass is 16.5. The number of piperazine rings is 1. The van der Waals surface area contributed by atoms with E-state index in [0.717, 1.165) is 31.9 Å². The molecular formula is C20H25N5O3. The van der Waals surface area contributed by atoms with Crippen molar-refractivity contribution in [3.8, 4) is 5.75 Å². The number of amides is 1. The molecule has 3 heterocycles. The molecule has 1 aromatic heterocycles. The lowest BCUT2D eigenvalue weighted by molar-refractivity contribution is 0.0299. The molecule has 0 N–H and O–H groups in total. The first-order valence-corrected chi connectivity index (χ1v) is 9.58. The summed E-state index contributed by atoms with van der Waals surface area (Å²) in [7, 11) is 1.67. The van der Waals surface area contributed by atoms with Crippen LogP contribution in [0.3, 0.4) is 0 Å². The standard InChI is InChI=1S/C20H25N5O3/c1-27-17-4-2-16(3-5-17)23-8-10-25(11-9-23)20-21-7-6-18(22-20)19(26)24-12-14-28-15-13-24/h2-7H,8-15H2,1H3. The molecule has 28 heavy (non-hydrogen) atoms. The molecule has 1 aromatic carbocycles. The van der Waals surface area contributed by atoms with E-state index in [1.807, 2.05) is 12.1 Å². The number of aromatic nitrogens is 2. The number of morpholine rings is 1. The second-order valence-electron chi connectivity index (χ2n) is 6.82. The Balaban J connectivity index is 1.39. The third-order valence-electron chi connectivity index (χ3n) is 5.16. The summed E-state index contributed by atoms with van der Waals surface area (Å²) in [4.78, 5) is 27.9. The van der Waals surface area contributed by atoms with Gasteiger partial charge in [-0.2, -0.15) is 0 Å². The van der Waals surface area contributed by atoms with Crippen molar-refractivity contribution in [2.75, 3.05) is 69.4 Å². The molecule has 2 aromatic rings. The van der Waals surface area contributed by atoms with E-state index in [0.29, 0.717) is 37.9 Å². The van der Waals surface area contributed by atoms with Crippen LogP contribution in [-0.4, -0.2) is 80.4 Å². The third kappa shape index (κ3) is 4.01. The maximum atomic E-state index is 12.7. The number of nitrogens with zero attached hydrogens (tertiary/aromatic N) is 5. The summed E-state index contributed by atoms with van der Waals surface area (Å²) in [5, 5.41) is 0. The van der Waals surface area contributed by atoms with Crippen LogP contribution in [0.15, 0.2) is 36.5 Å². The van der Waals surface area contributed by atoms with E-state index in [1.54, 1.807) is 24.3 Å². The highest BCUT2D eigenvalue weighted by Gasteiger charge is 2.23. The molecule has 2 saturated heterocycles. The lowest BCUT2D eigenvalue weighted by Gasteiger charge is -2.36. The lowest BCUT2D eigenvalue weighted by Crippen LogP contribution is -2.47. The average molecular weight is 383 g/mol. The topological polar surface area (TPSA) is 71.0 Å². The Kier molecular flexibility index (Phi) is 5.57. The molecule has 148 valence electrons. The molecule has 1 amide bonds. The Bertz CT molecular complexity index is 800. The Morgan fingerprint density at radius 3 is 2.32 bits per heavy atom. The molecule has 0 saturated carbocycles. The Morgan fingerprint density at radius 1 is 0.964 bits per heavy atom. The van der Waals surface area contributed by atoms with Crippen LogP contribution in [-0.2, 0) is 4.74 Å². The van der Waals surface area contributed by atoms with Gasteiger partial charge in [-0.15, -0.1) is 0 Å². The zero-order valence-electron chi connectivity index (χ0n) is 16.1. The molecule has 2 aliphatic rings. The predicted octanol–water partition coefficient (Wildman–Crippen LogP) is 1.28. The van der Waals surface area contributed by atoms with E-state index in [9.17, 15) is 4.79 Å². The van der Waals surface area contributed by atoms with Crippen LogP contribution in [0.4, 0.5) is 11.6 Å². The zero-order valence-corrected chi connectivity index (χ0v) is 16.1. The number of ether oxygens (including phenoxy) is 2. The summed E-state index contributed by atoms with van der Waals surface area (Å²) in [5.41, 5.74) is 1.63. The number of hydrogen-bond acceptors (Lipinski definition) is 7. The fraction of sp³-hybridized carbons (Fsp3) is 0.450. The van der Waals surface area contributed by atoms with Gasteiger partial charge in [0.1, 0.15) is 11.4 Å². The summed E-state index contributed by atoms with van der Waals surface area (Å²) >= 11 is 0. The molecule has 0 aliphatic carbocycles. The first-order chi connectivity index (χ1) is 13.7. The molecule has 0 unspecified atom stereocenters. The molecule has 8 heteroatoms. The van der Waals surface area contributed by atoms with Crippen LogP contribution >= 0.6 is 0 Å². The van der Waals surface area contributed by atoms with Crippen molar-refractivity contribution in [1.29, 1.82) is 0 Å². The third-order valence-corrected chi connectivity index (χ3v) is 5.16. The molecule has 8 nitrogen and oxygen atoms in total. The lowest BCUT2D eigenvalue weighted by atomic mass is 10.2. The van der Waals surface area contributed by atoms with Crippen molar-refractivity contribution in [1.82, 2.24) is 14.9 Å². The maximum absolute atomic E-state index is 12.7. The fourth-order valence-corrected chi connectivity index (χ4v) is 3.51. The van der Waals surface area contributed by atoms with E-state index in [4.69, 9.17) is 9.47 Å². The minimum Gasteiger partial charge on any atom is -0.497 e. The van der Waals surface area contributed by atoms with Crippen LogP contribution < -0.4 is 14.5 Å². The van der Waals surface area contributed by atoms with Gasteiger partial charge >= 0.3 is 0 Å². The van der Waals surface area contributed by atoms with Crippen LogP contribution in [0.1, 0.15) is 10.5 Å². The van der Waals surface area contributed by atoms with Gasteiger partial charge in [-0.3, -0.25) is 4.79 Å². The van der Waals surface area contributed by atoms with Gasteiger partial charge < -0.3 is 24.2 Å². The molecule has 4 rings (SSSR count). The van der Waals surface area contributed by atoms with Gasteiger partial charge in [0.05, 0.1) is 20.3 Å². The average Bonchev–Trinajstić information content (AvgIpc) is 2.79. The van der Waals surface area contributed by atoms with Crippen LogP contribution in [0.5, 0.6) is 5.75 Å². The van der Waals surface area contributed by atoms with Crippen LogP contribution in [0, 0.1) is 0 Å². The van der Waals surface area contributed by atoms with Crippen molar-refractivity contribution < 1.29 is 14.3 Å². The number of methoxy groups -OCH3 is 1. The SMILES string of the molecule is COc1ccc(N2CCN(c3nccc(C(=O)N4CCOCC4)n3)CC2)cc1. The van der Waals surface area contributed by atoms with E-state index >= 15 is 0 Å². The number of hydrogen-bond donors (Lipinski definition) is 0. The second-order valence-corrected chi connectivity index (χ2v) is 6.82. The summed E-state index contributed by atoms with van der Waals surface area (Å²) in [5.74, 6) is 1.43. The predicted molar refractivity (Wildman–Crippen MR) is 106 cm³/mol. The van der Waals surface area contributed by atoms with E-state index < -0.39 is 0 Å². The van der Waals surface area contributed by atoms with Crippen molar-refractivity contribution in [3.05, 3.63) is 42.2 Å². The largest absolute Gasteiger partial charge is 0.497 e. The molecule has 0 radical (unpaired) electrons. The van der Waals surface area contributed by atoms with Gasteiger partial charge in [0, 0.05) is 51.2 Å². The number of rotatable bonds is 4. The van der Waals surface area contributed by atoms with Gasteiger partial charge in [-0.1, -0.05) is 0 Å². The normalized spacial score (nSPS) is 17.5. The van der Waals surface area contributed by atoms with Gasteiger partial charge in [-0.05, 0) is 30.3 Å². The Hall–Kier alpha value is -2.87. The fourth-order valence-electron chi connectivity index (χ4n) is 3.51. The number of carbonyl (C=O) groups is 1. The first kappa shape index (κ1) is 18.5. The summed E-state index contributed by atoms with van der Waals surface area (Å²) in [6.07, 6.45) is 1.67. The Morgan fingerprint density at radius 2 is 1.64 bits per heavy atom. The first-order valence-electron chi connectivity index (χ1n) is 9.58. The molecule has 2 fully saturated rings. The summed E-state index contributed by atoms with van der Waals surface area (Å²) < 4.78 is 10.5. The van der Waals surface area contributed by atoms with E-state index in [1.165, 1.54) is 5.69 Å². The molecular weight excluding hydrogens is 358 g/mol. The van der Waals surface area contributed by atoms with Gasteiger partial charge in [0.25, 0.3) is 5.91 Å². The smallest absolute Gasteiger partial charge is 0.272 e. The van der Waals surface area contributed by atoms with Gasteiger partial charge in [-0.25, -0.2) is 9.97 Å². The quantitative estimate of drug-likeness (QED) is 0.788. The highest BCUT2D eigenvalue weighted by Crippen LogP contribution is 2.21. The molecule has 0 spiro atoms. The maximum Gasteiger partial charge on any atom is 0.272 e. The molecule has 2 aliphatic heterocycles. The van der Waals surface area contributed by atoms with Crippen molar-refractivity contribution >= 4 is 17.5 Å². The minimum absolute atomic E-state index is 0.0520. The number of benzene rings is 1. The summed E-state index contributed by atoms with van der Waals surface area (Å²) in [6, 6.07) is 9.80. The van der Waals surface area contributed by atoms with Crippen LogP contribution in [0.2, 0.25) is 0 Å². The van der Waals surface area contributed by atoms with Crippen LogP contribution in [0.25, 0.3) is 0 Å². The van der Waals surface area contributed by atoms with E-state index in [2.05, 4.69) is 31.9 Å². The highest BCUT2D eigenvalue weighted by molar-refractivity contribution is 5.92. The number of carbonyl (C=O) groups excluding carboxylic acids is 1. The van der Waals surface area contributed by atoms with Crippen molar-refractivity contribution in [3.63, 3.8) is 0 Å². The molecule has 0 atom stereocenters. The van der Waals surface area contributed by atoms with Gasteiger partial charge in [0.15, 0.2) is 0 Å². The van der Waals surface area contributed by atoms with E-state index in [-0.39, 0.29) is 5.91 Å².